The van der Waals surface area contributed by atoms with Crippen molar-refractivity contribution in [3.8, 4) is 11.5 Å². The van der Waals surface area contributed by atoms with E-state index < -0.39 is 5.97 Å². The molecule has 0 aliphatic heterocycles. The van der Waals surface area contributed by atoms with Crippen LogP contribution in [0.5, 0.6) is 11.5 Å². The van der Waals surface area contributed by atoms with Crippen LogP contribution in [-0.4, -0.2) is 24.8 Å². The van der Waals surface area contributed by atoms with Crippen LogP contribution in [-0.2, 0) is 9.53 Å². The fourth-order valence-corrected chi connectivity index (χ4v) is 2.10. The zero-order chi connectivity index (χ0) is 16.8. The monoisotopic (exact) mass is 316 g/mol. The number of ether oxygens (including phenoxy) is 2. The summed E-state index contributed by atoms with van der Waals surface area (Å²) in [6.07, 6.45) is 1.38. The van der Waals surface area contributed by atoms with Crippen molar-refractivity contribution in [2.75, 3.05) is 13.7 Å². The highest BCUT2D eigenvalue weighted by molar-refractivity contribution is 6.16. The minimum atomic E-state index is -0.541. The normalized spacial score (nSPS) is 11.2. The van der Waals surface area contributed by atoms with Gasteiger partial charge in [0.15, 0.2) is 0 Å². The first kappa shape index (κ1) is 16.7. The number of benzene rings is 2. The zero-order valence-corrected chi connectivity index (χ0v) is 12.9. The number of hydrogen-bond acceptors (Lipinski definition) is 4. The van der Waals surface area contributed by atoms with Crippen molar-refractivity contribution in [1.29, 1.82) is 0 Å². The molecule has 120 valence electrons. The van der Waals surface area contributed by atoms with Gasteiger partial charge in [0.25, 0.3) is 0 Å². The molecule has 2 rings (SSSR count). The Hall–Kier alpha value is -2.66. The Morgan fingerprint density at radius 1 is 1.17 bits per heavy atom. The van der Waals surface area contributed by atoms with E-state index in [2.05, 4.69) is 0 Å². The van der Waals surface area contributed by atoms with E-state index in [0.29, 0.717) is 17.1 Å². The van der Waals surface area contributed by atoms with Crippen molar-refractivity contribution >= 4 is 11.5 Å². The molecule has 1 N–H and O–H groups in total. The second-order valence-electron chi connectivity index (χ2n) is 4.82. The van der Waals surface area contributed by atoms with Crippen molar-refractivity contribution < 1.29 is 23.8 Å². The van der Waals surface area contributed by atoms with E-state index in [9.17, 15) is 9.18 Å². The molecule has 0 saturated heterocycles. The number of methoxy groups -OCH3 is 1. The van der Waals surface area contributed by atoms with Gasteiger partial charge in [-0.2, -0.15) is 0 Å². The fraction of sp³-hybridized carbons (Fsp3) is 0.167. The van der Waals surface area contributed by atoms with Gasteiger partial charge in [-0.3, -0.25) is 0 Å². The highest BCUT2D eigenvalue weighted by atomic mass is 19.1. The molecule has 23 heavy (non-hydrogen) atoms. The summed E-state index contributed by atoms with van der Waals surface area (Å²) >= 11 is 0. The van der Waals surface area contributed by atoms with Gasteiger partial charge < -0.3 is 14.6 Å². The molecule has 0 aliphatic carbocycles. The Balaban J connectivity index is 2.36. The molecule has 0 aromatic heterocycles. The first-order chi connectivity index (χ1) is 11.0. The molecule has 0 atom stereocenters. The number of aliphatic hydroxyl groups excluding tert-OH is 1. The Morgan fingerprint density at radius 3 is 2.43 bits per heavy atom. The van der Waals surface area contributed by atoms with Gasteiger partial charge in [0.2, 0.25) is 0 Å². The Bertz CT molecular complexity index is 720. The van der Waals surface area contributed by atoms with Crippen molar-refractivity contribution in [2.24, 2.45) is 0 Å². The summed E-state index contributed by atoms with van der Waals surface area (Å²) in [6, 6.07) is 10.8. The maximum Gasteiger partial charge on any atom is 0.338 e. The van der Waals surface area contributed by atoms with Crippen molar-refractivity contribution in [3.63, 3.8) is 0 Å². The average Bonchev–Trinajstić information content (AvgIpc) is 2.56. The van der Waals surface area contributed by atoms with Gasteiger partial charge in [0, 0.05) is 0 Å². The first-order valence-electron chi connectivity index (χ1n) is 6.99. The van der Waals surface area contributed by atoms with Crippen LogP contribution in [0, 0.1) is 12.7 Å². The lowest BCUT2D eigenvalue weighted by atomic mass is 10.00. The quantitative estimate of drug-likeness (QED) is 0.678. The maximum atomic E-state index is 12.9. The predicted octanol–water partition coefficient (Wildman–Crippen LogP) is 3.48. The number of rotatable bonds is 5. The van der Waals surface area contributed by atoms with Crippen LogP contribution in [0.2, 0.25) is 0 Å². The van der Waals surface area contributed by atoms with Crippen LogP contribution in [0.15, 0.2) is 48.5 Å². The molecule has 2 aromatic rings. The molecular formula is C18H17FO4. The smallest absolute Gasteiger partial charge is 0.338 e. The molecule has 0 spiro atoms. The van der Waals surface area contributed by atoms with Crippen LogP contribution < -0.4 is 4.74 Å². The third-order valence-electron chi connectivity index (χ3n) is 3.25. The SMILES string of the molecule is COC(=O)/C(=C/CO)c1cc(Oc2ccc(F)cc2)ccc1C. The Kier molecular flexibility index (Phi) is 5.49. The van der Waals surface area contributed by atoms with Crippen LogP contribution in [0.3, 0.4) is 0 Å². The lowest BCUT2D eigenvalue weighted by molar-refractivity contribution is -0.133. The number of esters is 1. The second kappa shape index (κ2) is 7.56. The molecule has 0 amide bonds. The van der Waals surface area contributed by atoms with Crippen molar-refractivity contribution in [2.45, 2.75) is 6.92 Å². The molecular weight excluding hydrogens is 299 g/mol. The number of halogens is 1. The lowest BCUT2D eigenvalue weighted by Gasteiger charge is -2.12. The number of hydrogen-bond donors (Lipinski definition) is 1. The van der Waals surface area contributed by atoms with Gasteiger partial charge >= 0.3 is 5.97 Å². The third-order valence-corrected chi connectivity index (χ3v) is 3.25. The van der Waals surface area contributed by atoms with Gasteiger partial charge in [0.1, 0.15) is 17.3 Å². The van der Waals surface area contributed by atoms with Crippen LogP contribution in [0.4, 0.5) is 4.39 Å². The zero-order valence-electron chi connectivity index (χ0n) is 12.9. The van der Waals surface area contributed by atoms with E-state index in [-0.39, 0.29) is 18.0 Å². The number of aliphatic hydroxyl groups is 1. The lowest BCUT2D eigenvalue weighted by Crippen LogP contribution is -2.06. The summed E-state index contributed by atoms with van der Waals surface area (Å²) < 4.78 is 23.3. The predicted molar refractivity (Wildman–Crippen MR) is 84.7 cm³/mol. The van der Waals surface area contributed by atoms with Crippen molar-refractivity contribution in [1.82, 2.24) is 0 Å². The van der Waals surface area contributed by atoms with E-state index in [1.54, 1.807) is 18.2 Å². The molecule has 0 heterocycles. The number of aryl methyl sites for hydroxylation is 1. The van der Waals surface area contributed by atoms with E-state index >= 15 is 0 Å². The number of carbonyl (C=O) groups excluding carboxylic acids is 1. The molecule has 4 nitrogen and oxygen atoms in total. The topological polar surface area (TPSA) is 55.8 Å². The van der Waals surface area contributed by atoms with Gasteiger partial charge in [0.05, 0.1) is 19.3 Å². The number of carbonyl (C=O) groups is 1. The van der Waals surface area contributed by atoms with E-state index in [1.165, 1.54) is 37.5 Å². The molecule has 0 saturated carbocycles. The molecule has 2 aromatic carbocycles. The van der Waals surface area contributed by atoms with Gasteiger partial charge in [-0.1, -0.05) is 6.07 Å². The van der Waals surface area contributed by atoms with Crippen molar-refractivity contribution in [3.05, 3.63) is 65.5 Å². The molecule has 0 radical (unpaired) electrons. The minimum absolute atomic E-state index is 0.261. The summed E-state index contributed by atoms with van der Waals surface area (Å²) in [5, 5.41) is 9.11. The van der Waals surface area contributed by atoms with E-state index in [0.717, 1.165) is 5.56 Å². The van der Waals surface area contributed by atoms with Crippen LogP contribution >= 0.6 is 0 Å². The summed E-state index contributed by atoms with van der Waals surface area (Å²) in [4.78, 5) is 11.9. The molecule has 5 heteroatoms. The van der Waals surface area contributed by atoms with Crippen LogP contribution in [0.1, 0.15) is 11.1 Å². The average molecular weight is 316 g/mol. The van der Waals surface area contributed by atoms with E-state index in [1.807, 2.05) is 6.92 Å². The summed E-state index contributed by atoms with van der Waals surface area (Å²) in [5.41, 5.74) is 1.70. The molecule has 0 fully saturated rings. The van der Waals surface area contributed by atoms with E-state index in [4.69, 9.17) is 14.6 Å². The molecule has 0 unspecified atom stereocenters. The minimum Gasteiger partial charge on any atom is -0.465 e. The van der Waals surface area contributed by atoms with Gasteiger partial charge in [-0.25, -0.2) is 9.18 Å². The highest BCUT2D eigenvalue weighted by Crippen LogP contribution is 2.28. The third kappa shape index (κ3) is 4.17. The largest absolute Gasteiger partial charge is 0.465 e. The second-order valence-corrected chi connectivity index (χ2v) is 4.82. The summed E-state index contributed by atoms with van der Waals surface area (Å²) in [6.45, 7) is 1.55. The Labute approximate surface area is 133 Å². The van der Waals surface area contributed by atoms with Gasteiger partial charge in [-0.05, 0) is 60.5 Å². The Morgan fingerprint density at radius 2 is 1.83 bits per heavy atom. The summed E-state index contributed by atoms with van der Waals surface area (Å²) in [5.74, 6) is 0.0822. The first-order valence-corrected chi connectivity index (χ1v) is 6.99. The fourth-order valence-electron chi connectivity index (χ4n) is 2.10. The molecule has 0 aliphatic rings. The van der Waals surface area contributed by atoms with Gasteiger partial charge in [-0.15, -0.1) is 0 Å². The van der Waals surface area contributed by atoms with Crippen LogP contribution in [0.25, 0.3) is 5.57 Å². The highest BCUT2D eigenvalue weighted by Gasteiger charge is 2.15. The standard InChI is InChI=1S/C18H17FO4/c1-12-3-6-15(23-14-7-4-13(19)5-8-14)11-17(12)16(9-10-20)18(21)22-2/h3-9,11,20H,10H2,1-2H3/b16-9+. The maximum absolute atomic E-state index is 12.9. The summed E-state index contributed by atoms with van der Waals surface area (Å²) in [7, 11) is 1.28. The molecule has 0 bridgehead atoms.